The second-order valence-electron chi connectivity index (χ2n) is 5.42. The van der Waals surface area contributed by atoms with Gasteiger partial charge in [-0.25, -0.2) is 0 Å². The Bertz CT molecular complexity index is 164. The Kier molecular flexibility index (Phi) is 2.03. The normalized spacial score (nSPS) is 49.2. The lowest BCUT2D eigenvalue weighted by Gasteiger charge is -2.27. The average Bonchev–Trinajstić information content (AvgIpc) is 2.56. The lowest BCUT2D eigenvalue weighted by atomic mass is 9.73. The van der Waals surface area contributed by atoms with Gasteiger partial charge in [0, 0.05) is 11.8 Å². The van der Waals surface area contributed by atoms with E-state index in [1.165, 1.54) is 38.5 Å². The van der Waals surface area contributed by atoms with Crippen LogP contribution in [-0.4, -0.2) is 0 Å². The van der Waals surface area contributed by atoms with Crippen molar-refractivity contribution in [3.05, 3.63) is 6.42 Å². The molecular weight excluding hydrogens is 156 g/mol. The van der Waals surface area contributed by atoms with E-state index in [2.05, 4.69) is 6.42 Å². The minimum atomic E-state index is 1.04. The van der Waals surface area contributed by atoms with Crippen molar-refractivity contribution < 1.29 is 0 Å². The zero-order valence-corrected chi connectivity index (χ0v) is 8.54. The molecule has 4 unspecified atom stereocenters. The molecule has 0 N–H and O–H groups in total. The van der Waals surface area contributed by atoms with E-state index in [0.29, 0.717) is 0 Å². The molecule has 3 rings (SSSR count). The van der Waals surface area contributed by atoms with E-state index in [9.17, 15) is 0 Å². The minimum absolute atomic E-state index is 1.04. The SMILES string of the molecule is [CH+]1C2CCCCC2C2CCCCC12. The van der Waals surface area contributed by atoms with Gasteiger partial charge in [0.05, 0.1) is 6.42 Å². The third-order valence-corrected chi connectivity index (χ3v) is 4.79. The van der Waals surface area contributed by atoms with Gasteiger partial charge in [-0.3, -0.25) is 0 Å². The summed E-state index contributed by atoms with van der Waals surface area (Å²) in [4.78, 5) is 0. The predicted octanol–water partition coefficient (Wildman–Crippen LogP) is 3.82. The molecule has 0 amide bonds. The van der Waals surface area contributed by atoms with Crippen LogP contribution < -0.4 is 0 Å². The van der Waals surface area contributed by atoms with Crippen LogP contribution in [0.15, 0.2) is 0 Å². The molecule has 0 aromatic heterocycles. The summed E-state index contributed by atoms with van der Waals surface area (Å²) in [6, 6.07) is 0. The van der Waals surface area contributed by atoms with E-state index in [1.807, 2.05) is 0 Å². The molecule has 13 heavy (non-hydrogen) atoms. The van der Waals surface area contributed by atoms with Crippen LogP contribution in [0.25, 0.3) is 0 Å². The van der Waals surface area contributed by atoms with Gasteiger partial charge in [0.25, 0.3) is 0 Å². The molecule has 0 nitrogen and oxygen atoms in total. The van der Waals surface area contributed by atoms with Gasteiger partial charge in [0.15, 0.2) is 0 Å². The van der Waals surface area contributed by atoms with Gasteiger partial charge in [0.2, 0.25) is 0 Å². The van der Waals surface area contributed by atoms with Crippen LogP contribution in [0.5, 0.6) is 0 Å². The second-order valence-corrected chi connectivity index (χ2v) is 5.42. The van der Waals surface area contributed by atoms with Crippen molar-refractivity contribution in [2.24, 2.45) is 23.7 Å². The highest BCUT2D eigenvalue weighted by molar-refractivity contribution is 5.04. The van der Waals surface area contributed by atoms with Crippen LogP contribution >= 0.6 is 0 Å². The zero-order chi connectivity index (χ0) is 8.67. The third kappa shape index (κ3) is 1.30. The minimum Gasteiger partial charge on any atom is -0.0527 e. The van der Waals surface area contributed by atoms with Crippen LogP contribution in [-0.2, 0) is 0 Å². The Balaban J connectivity index is 1.76. The Morgan fingerprint density at radius 2 is 1.08 bits per heavy atom. The van der Waals surface area contributed by atoms with E-state index in [4.69, 9.17) is 0 Å². The summed E-state index contributed by atoms with van der Waals surface area (Å²) < 4.78 is 0. The van der Waals surface area contributed by atoms with Crippen molar-refractivity contribution in [2.75, 3.05) is 0 Å². The van der Waals surface area contributed by atoms with Crippen molar-refractivity contribution >= 4 is 0 Å². The summed E-state index contributed by atoms with van der Waals surface area (Å²) in [5.74, 6) is 4.33. The molecule has 0 heterocycles. The third-order valence-electron chi connectivity index (χ3n) is 4.79. The predicted molar refractivity (Wildman–Crippen MR) is 55.2 cm³/mol. The molecular formula is C13H21+. The Hall–Kier alpha value is -0.130. The smallest absolute Gasteiger partial charge is 0.0527 e. The number of rotatable bonds is 0. The quantitative estimate of drug-likeness (QED) is 0.493. The van der Waals surface area contributed by atoms with Gasteiger partial charge < -0.3 is 0 Å². The van der Waals surface area contributed by atoms with Crippen LogP contribution in [0.1, 0.15) is 51.4 Å². The number of hydrogen-bond donors (Lipinski definition) is 0. The molecule has 72 valence electrons. The monoisotopic (exact) mass is 177 g/mol. The second kappa shape index (κ2) is 3.22. The summed E-state index contributed by atoms with van der Waals surface area (Å²) in [6.45, 7) is 0. The highest BCUT2D eigenvalue weighted by atomic mass is 14.5. The molecule has 0 radical (unpaired) electrons. The van der Waals surface area contributed by atoms with E-state index >= 15 is 0 Å². The summed E-state index contributed by atoms with van der Waals surface area (Å²) in [5.41, 5.74) is 0. The highest BCUT2D eigenvalue weighted by Gasteiger charge is 2.51. The van der Waals surface area contributed by atoms with Crippen molar-refractivity contribution in [1.29, 1.82) is 0 Å². The zero-order valence-electron chi connectivity index (χ0n) is 8.54. The van der Waals surface area contributed by atoms with Crippen molar-refractivity contribution in [2.45, 2.75) is 51.4 Å². The molecule has 0 heteroatoms. The summed E-state index contributed by atoms with van der Waals surface area (Å²) in [7, 11) is 0. The first-order valence-corrected chi connectivity index (χ1v) is 6.30. The maximum Gasteiger partial charge on any atom is 0.101 e. The molecule has 0 spiro atoms. The van der Waals surface area contributed by atoms with Crippen LogP contribution in [0.2, 0.25) is 0 Å². The average molecular weight is 177 g/mol. The Morgan fingerprint density at radius 1 is 0.615 bits per heavy atom. The van der Waals surface area contributed by atoms with E-state index in [-0.39, 0.29) is 0 Å². The molecule has 0 saturated heterocycles. The first kappa shape index (κ1) is 8.20. The van der Waals surface area contributed by atoms with Gasteiger partial charge in [-0.2, -0.15) is 0 Å². The molecule has 0 aromatic rings. The topological polar surface area (TPSA) is 0 Å². The molecule has 3 saturated carbocycles. The summed E-state index contributed by atoms with van der Waals surface area (Å²) in [6.07, 6.45) is 15.0. The number of hydrogen-bond acceptors (Lipinski definition) is 0. The fourth-order valence-corrected chi connectivity index (χ4v) is 4.24. The molecule has 3 aliphatic rings. The van der Waals surface area contributed by atoms with Crippen LogP contribution in [0, 0.1) is 30.1 Å². The summed E-state index contributed by atoms with van der Waals surface area (Å²) >= 11 is 0. The van der Waals surface area contributed by atoms with Gasteiger partial charge in [0.1, 0.15) is 11.8 Å². The first-order chi connectivity index (χ1) is 6.45. The lowest BCUT2D eigenvalue weighted by molar-refractivity contribution is 0.184. The maximum atomic E-state index is 2.76. The van der Waals surface area contributed by atoms with Gasteiger partial charge >= 0.3 is 0 Å². The fourth-order valence-electron chi connectivity index (χ4n) is 4.24. The van der Waals surface area contributed by atoms with E-state index in [1.54, 1.807) is 12.8 Å². The molecule has 3 fully saturated rings. The van der Waals surface area contributed by atoms with Gasteiger partial charge in [-0.15, -0.1) is 0 Å². The number of fused-ring (bicyclic) bond motifs is 3. The Morgan fingerprint density at radius 3 is 1.62 bits per heavy atom. The molecule has 4 atom stereocenters. The van der Waals surface area contributed by atoms with Gasteiger partial charge in [-0.1, -0.05) is 12.8 Å². The highest BCUT2D eigenvalue weighted by Crippen LogP contribution is 2.53. The summed E-state index contributed by atoms with van der Waals surface area (Å²) in [5, 5.41) is 0. The maximum absolute atomic E-state index is 2.76. The molecule has 0 aromatic carbocycles. The van der Waals surface area contributed by atoms with Crippen molar-refractivity contribution in [1.82, 2.24) is 0 Å². The molecule has 0 aliphatic heterocycles. The van der Waals surface area contributed by atoms with Crippen molar-refractivity contribution in [3.8, 4) is 0 Å². The van der Waals surface area contributed by atoms with Crippen LogP contribution in [0.3, 0.4) is 0 Å². The Labute approximate surface area is 82.1 Å². The first-order valence-electron chi connectivity index (χ1n) is 6.30. The molecule has 3 aliphatic carbocycles. The molecule has 0 bridgehead atoms. The van der Waals surface area contributed by atoms with Gasteiger partial charge in [-0.05, 0) is 38.5 Å². The lowest BCUT2D eigenvalue weighted by Crippen LogP contribution is -2.22. The van der Waals surface area contributed by atoms with E-state index < -0.39 is 0 Å². The largest absolute Gasteiger partial charge is 0.101 e. The standard InChI is InChI=1S/C13H21/c1-3-7-12-10(5-1)9-11-6-2-4-8-13(11)12/h9-13H,1-8H2/q+1. The van der Waals surface area contributed by atoms with Crippen LogP contribution in [0.4, 0.5) is 0 Å². The van der Waals surface area contributed by atoms with Crippen molar-refractivity contribution in [3.63, 3.8) is 0 Å². The van der Waals surface area contributed by atoms with E-state index in [0.717, 1.165) is 23.7 Å². The fraction of sp³-hybridized carbons (Fsp3) is 0.923.